The first-order valence-corrected chi connectivity index (χ1v) is 7.39. The van der Waals surface area contributed by atoms with Crippen molar-refractivity contribution in [1.29, 1.82) is 0 Å². The molecule has 5 nitrogen and oxygen atoms in total. The number of hydrogen-bond donors (Lipinski definition) is 0. The van der Waals surface area contributed by atoms with Crippen LogP contribution in [0, 0.1) is 0 Å². The Morgan fingerprint density at radius 2 is 1.52 bits per heavy atom. The molecule has 0 N–H and O–H groups in total. The molecule has 0 aliphatic rings. The molecule has 1 aromatic rings. The van der Waals surface area contributed by atoms with Crippen molar-refractivity contribution in [1.82, 2.24) is 0 Å². The fourth-order valence-electron chi connectivity index (χ4n) is 1.32. The quantitative estimate of drug-likeness (QED) is 0.368. The van der Waals surface area contributed by atoms with Gasteiger partial charge in [0.15, 0.2) is 0 Å². The monoisotopic (exact) mass is 378 g/mol. The Hall–Kier alpha value is 0.271. The van der Waals surface area contributed by atoms with Crippen LogP contribution in [0.1, 0.15) is 5.56 Å². The third-order valence-corrected chi connectivity index (χ3v) is 3.07. The topological polar surface area (TPSA) is 77.5 Å². The largest absolute Gasteiger partial charge is 1.00 e. The van der Waals surface area contributed by atoms with E-state index in [1.54, 1.807) is 0 Å². The summed E-state index contributed by atoms with van der Waals surface area (Å²) in [7, 11) is -11.0. The molecule has 1 aromatic carbocycles. The summed E-state index contributed by atoms with van der Waals surface area (Å²) in [4.78, 5) is -1.27. The van der Waals surface area contributed by atoms with Gasteiger partial charge in [0.25, 0.3) is 0 Å². The van der Waals surface area contributed by atoms with Gasteiger partial charge in [-0.05, 0) is 12.1 Å². The molecule has 0 aliphatic heterocycles. The summed E-state index contributed by atoms with van der Waals surface area (Å²) in [6.45, 7) is -5.41. The number of rotatable bonds is 5. The Morgan fingerprint density at radius 1 is 1.00 bits per heavy atom. The van der Waals surface area contributed by atoms with Gasteiger partial charge in [-0.3, -0.25) is 0 Å². The Labute approximate surface area is 160 Å². The van der Waals surface area contributed by atoms with Crippen molar-refractivity contribution < 1.29 is 93.1 Å². The van der Waals surface area contributed by atoms with Gasteiger partial charge < -0.3 is 17.1 Å². The molecule has 0 atom stereocenters. The maximum atomic E-state index is 12.7. The van der Waals surface area contributed by atoms with Gasteiger partial charge in [-0.25, -0.2) is 0 Å². The van der Waals surface area contributed by atoms with Crippen molar-refractivity contribution in [2.45, 2.75) is 11.2 Å². The summed E-state index contributed by atoms with van der Waals surface area (Å²) >= 11 is 0. The van der Waals surface area contributed by atoms with Crippen LogP contribution < -0.4 is 55.6 Å². The summed E-state index contributed by atoms with van der Waals surface area (Å²) in [5.41, 5.74) is -0.783. The van der Waals surface area contributed by atoms with Crippen LogP contribution in [-0.2, 0) is 27.0 Å². The van der Waals surface area contributed by atoms with E-state index in [1.165, 1.54) is 0 Å². The van der Waals surface area contributed by atoms with Gasteiger partial charge in [0.05, 0.1) is 0 Å². The Morgan fingerprint density at radius 3 is 1.90 bits per heavy atom. The predicted molar refractivity (Wildman–Crippen MR) is 58.2 cm³/mol. The van der Waals surface area contributed by atoms with E-state index in [-0.39, 0.29) is 57.5 Å². The molecular weight excluding hydrogens is 373 g/mol. The van der Waals surface area contributed by atoms with Gasteiger partial charge in [0.2, 0.25) is 0 Å². The SMILES string of the molecule is O=S(=O)(F)Oc1cc(C[B-](F)(F)F)cc(S(=O)(=O)F)c1.[K+]. The Bertz CT molecular complexity index is 717. The van der Waals surface area contributed by atoms with Crippen LogP contribution in [0.3, 0.4) is 0 Å². The van der Waals surface area contributed by atoms with Crippen LogP contribution in [0.25, 0.3) is 0 Å². The first-order valence-electron chi connectivity index (χ1n) is 4.70. The van der Waals surface area contributed by atoms with Crippen molar-refractivity contribution >= 4 is 27.7 Å². The first-order chi connectivity index (χ1) is 8.76. The van der Waals surface area contributed by atoms with Crippen LogP contribution in [-0.4, -0.2) is 23.8 Å². The molecule has 0 aliphatic carbocycles. The molecule has 0 bridgehead atoms. The fourth-order valence-corrected chi connectivity index (χ4v) is 2.19. The molecule has 0 unspecified atom stereocenters. The Kier molecular flexibility index (Phi) is 7.32. The second-order valence-corrected chi connectivity index (χ2v) is 5.94. The molecule has 21 heavy (non-hydrogen) atoms. The second kappa shape index (κ2) is 7.23. The minimum absolute atomic E-state index is 0. The molecule has 0 radical (unpaired) electrons. The smallest absolute Gasteiger partial charge is 0.449 e. The summed E-state index contributed by atoms with van der Waals surface area (Å²) in [5, 5.41) is 0. The van der Waals surface area contributed by atoms with Gasteiger partial charge in [0, 0.05) is 6.07 Å². The molecule has 114 valence electrons. The summed E-state index contributed by atoms with van der Waals surface area (Å²) < 4.78 is 107. The fraction of sp³-hybridized carbons (Fsp3) is 0.143. The second-order valence-electron chi connectivity index (χ2n) is 3.64. The van der Waals surface area contributed by atoms with Crippen LogP contribution in [0.15, 0.2) is 23.1 Å². The van der Waals surface area contributed by atoms with Gasteiger partial charge in [-0.15, -0.1) is 3.89 Å². The molecule has 0 aromatic heterocycles. The van der Waals surface area contributed by atoms with E-state index in [4.69, 9.17) is 0 Å². The van der Waals surface area contributed by atoms with Crippen molar-refractivity contribution in [3.8, 4) is 5.75 Å². The van der Waals surface area contributed by atoms with E-state index in [0.29, 0.717) is 12.1 Å². The zero-order valence-electron chi connectivity index (χ0n) is 10.3. The van der Waals surface area contributed by atoms with Gasteiger partial charge in [-0.2, -0.15) is 16.8 Å². The minimum atomic E-state index is -5.59. The molecule has 0 heterocycles. The minimum Gasteiger partial charge on any atom is -0.449 e. The van der Waals surface area contributed by atoms with Crippen LogP contribution in [0.4, 0.5) is 20.7 Å². The first kappa shape index (κ1) is 21.3. The summed E-state index contributed by atoms with van der Waals surface area (Å²) in [6, 6.07) is 1.04. The average Bonchev–Trinajstić information content (AvgIpc) is 2.09. The third kappa shape index (κ3) is 8.47. The Balaban J connectivity index is 0.00000400. The molecule has 0 amide bonds. The number of halogens is 5. The molecule has 0 saturated carbocycles. The zero-order valence-corrected chi connectivity index (χ0v) is 15.0. The van der Waals surface area contributed by atoms with Crippen LogP contribution >= 0.6 is 0 Å². The van der Waals surface area contributed by atoms with E-state index in [1.807, 2.05) is 0 Å². The van der Waals surface area contributed by atoms with E-state index in [9.17, 15) is 37.6 Å². The van der Waals surface area contributed by atoms with Crippen LogP contribution in [0.5, 0.6) is 5.75 Å². The molecule has 0 fully saturated rings. The van der Waals surface area contributed by atoms with Crippen molar-refractivity contribution in [3.05, 3.63) is 23.8 Å². The van der Waals surface area contributed by atoms with Crippen molar-refractivity contribution in [2.24, 2.45) is 0 Å². The molecule has 0 saturated heterocycles. The van der Waals surface area contributed by atoms with Gasteiger partial charge in [-0.1, -0.05) is 15.8 Å². The third-order valence-electron chi connectivity index (χ3n) is 1.88. The van der Waals surface area contributed by atoms with Crippen molar-refractivity contribution in [2.75, 3.05) is 0 Å². The van der Waals surface area contributed by atoms with E-state index >= 15 is 0 Å². The van der Waals surface area contributed by atoms with Gasteiger partial charge in [0.1, 0.15) is 10.6 Å². The molecule has 14 heteroatoms. The molecular formula is C7H5BF5KO5S2. The van der Waals surface area contributed by atoms with E-state index in [2.05, 4.69) is 4.18 Å². The van der Waals surface area contributed by atoms with E-state index < -0.39 is 50.2 Å². The summed E-state index contributed by atoms with van der Waals surface area (Å²) in [6.07, 6.45) is -1.62. The summed E-state index contributed by atoms with van der Waals surface area (Å²) in [5.74, 6) is -1.08. The average molecular weight is 378 g/mol. The van der Waals surface area contributed by atoms with Crippen molar-refractivity contribution in [3.63, 3.8) is 0 Å². The number of hydrogen-bond acceptors (Lipinski definition) is 5. The zero-order chi connectivity index (χ0) is 15.8. The predicted octanol–water partition coefficient (Wildman–Crippen LogP) is -1.13. The van der Waals surface area contributed by atoms with E-state index in [0.717, 1.165) is 0 Å². The number of benzene rings is 1. The molecule has 1 rings (SSSR count). The maximum Gasteiger partial charge on any atom is 1.00 e. The van der Waals surface area contributed by atoms with Crippen LogP contribution in [0.2, 0.25) is 0 Å². The normalized spacial score (nSPS) is 12.6. The molecule has 0 spiro atoms. The standard InChI is InChI=1S/C7H5BF5O5S2.K/c9-8(10,11)4-5-1-6(18-20(13,16)17)3-7(2-5)19(12,14)15;/h1-3H,4H2;/q-1;+1. The maximum absolute atomic E-state index is 12.7. The van der Waals surface area contributed by atoms with Gasteiger partial charge >= 0.3 is 79.1 Å².